The first-order valence-corrected chi connectivity index (χ1v) is 9.16. The SMILES string of the molecule is CN(Cc1ccccc1)c1ccc(/C=C\c2ccnc3ccccc23)cc1. The van der Waals surface area contributed by atoms with Gasteiger partial charge in [-0.3, -0.25) is 4.98 Å². The summed E-state index contributed by atoms with van der Waals surface area (Å²) in [5, 5.41) is 1.18. The van der Waals surface area contributed by atoms with Crippen molar-refractivity contribution in [3.8, 4) is 0 Å². The third-order valence-corrected chi connectivity index (χ3v) is 4.73. The number of para-hydroxylation sites is 1. The molecule has 132 valence electrons. The van der Waals surface area contributed by atoms with Gasteiger partial charge in [-0.15, -0.1) is 0 Å². The number of benzene rings is 3. The van der Waals surface area contributed by atoms with Crippen LogP contribution in [0.15, 0.2) is 91.1 Å². The van der Waals surface area contributed by atoms with Gasteiger partial charge in [0.15, 0.2) is 0 Å². The van der Waals surface area contributed by atoms with Crippen molar-refractivity contribution in [1.82, 2.24) is 4.98 Å². The minimum atomic E-state index is 0.902. The molecule has 0 amide bonds. The first kappa shape index (κ1) is 17.0. The van der Waals surface area contributed by atoms with Gasteiger partial charge in [0.25, 0.3) is 0 Å². The number of fused-ring (bicyclic) bond motifs is 1. The number of hydrogen-bond acceptors (Lipinski definition) is 2. The third kappa shape index (κ3) is 4.06. The molecule has 0 aliphatic heterocycles. The average molecular weight is 350 g/mol. The molecule has 0 saturated carbocycles. The van der Waals surface area contributed by atoms with Crippen molar-refractivity contribution in [3.05, 3.63) is 108 Å². The lowest BCUT2D eigenvalue weighted by molar-refractivity contribution is 0.923. The molecule has 0 atom stereocenters. The minimum Gasteiger partial charge on any atom is -0.370 e. The van der Waals surface area contributed by atoms with E-state index in [9.17, 15) is 0 Å². The van der Waals surface area contributed by atoms with Crippen LogP contribution in [-0.2, 0) is 6.54 Å². The maximum Gasteiger partial charge on any atom is 0.0707 e. The molecule has 4 rings (SSSR count). The van der Waals surface area contributed by atoms with Crippen molar-refractivity contribution in [1.29, 1.82) is 0 Å². The molecule has 4 aromatic rings. The predicted molar refractivity (Wildman–Crippen MR) is 116 cm³/mol. The Morgan fingerprint density at radius 3 is 2.33 bits per heavy atom. The van der Waals surface area contributed by atoms with Crippen molar-refractivity contribution in [3.63, 3.8) is 0 Å². The Labute approximate surface area is 160 Å². The van der Waals surface area contributed by atoms with E-state index in [1.807, 2.05) is 18.3 Å². The van der Waals surface area contributed by atoms with Crippen LogP contribution in [0.25, 0.3) is 23.1 Å². The molecule has 0 bridgehead atoms. The summed E-state index contributed by atoms with van der Waals surface area (Å²) in [5.74, 6) is 0. The second-order valence-corrected chi connectivity index (χ2v) is 6.68. The monoisotopic (exact) mass is 350 g/mol. The molecule has 0 fully saturated rings. The van der Waals surface area contributed by atoms with Crippen molar-refractivity contribution < 1.29 is 0 Å². The summed E-state index contributed by atoms with van der Waals surface area (Å²) in [6, 6.07) is 29.5. The maximum atomic E-state index is 4.42. The van der Waals surface area contributed by atoms with Crippen LogP contribution in [0.1, 0.15) is 16.7 Å². The summed E-state index contributed by atoms with van der Waals surface area (Å²) in [5.41, 5.74) is 5.93. The van der Waals surface area contributed by atoms with E-state index in [1.54, 1.807) is 0 Å². The first-order valence-electron chi connectivity index (χ1n) is 9.16. The third-order valence-electron chi connectivity index (χ3n) is 4.73. The molecule has 0 aliphatic rings. The number of hydrogen-bond donors (Lipinski definition) is 0. The summed E-state index contributed by atoms with van der Waals surface area (Å²) in [6.45, 7) is 0.902. The second kappa shape index (κ2) is 7.88. The van der Waals surface area contributed by atoms with E-state index in [0.717, 1.165) is 12.1 Å². The zero-order valence-corrected chi connectivity index (χ0v) is 15.4. The lowest BCUT2D eigenvalue weighted by atomic mass is 10.1. The van der Waals surface area contributed by atoms with Crippen LogP contribution in [0.4, 0.5) is 5.69 Å². The fraction of sp³-hybridized carbons (Fsp3) is 0.0800. The zero-order chi connectivity index (χ0) is 18.5. The molecule has 0 N–H and O–H groups in total. The summed E-state index contributed by atoms with van der Waals surface area (Å²) >= 11 is 0. The van der Waals surface area contributed by atoms with Crippen molar-refractivity contribution >= 4 is 28.7 Å². The Kier molecular flexibility index (Phi) is 4.97. The highest BCUT2D eigenvalue weighted by molar-refractivity contribution is 5.90. The van der Waals surface area contributed by atoms with E-state index in [2.05, 4.69) is 102 Å². The molecule has 0 unspecified atom stereocenters. The quantitative estimate of drug-likeness (QED) is 0.436. The second-order valence-electron chi connectivity index (χ2n) is 6.68. The van der Waals surface area contributed by atoms with Gasteiger partial charge in [-0.1, -0.05) is 72.8 Å². The van der Waals surface area contributed by atoms with Crippen molar-refractivity contribution in [2.45, 2.75) is 6.54 Å². The van der Waals surface area contributed by atoms with Gasteiger partial charge in [0.2, 0.25) is 0 Å². The molecule has 2 nitrogen and oxygen atoms in total. The fourth-order valence-electron chi connectivity index (χ4n) is 3.24. The molecule has 3 aromatic carbocycles. The molecule has 0 aliphatic carbocycles. The lowest BCUT2D eigenvalue weighted by Gasteiger charge is -2.19. The Morgan fingerprint density at radius 2 is 1.52 bits per heavy atom. The molecular formula is C25H22N2. The normalized spacial score (nSPS) is 11.1. The zero-order valence-electron chi connectivity index (χ0n) is 15.4. The van der Waals surface area contributed by atoms with E-state index in [0.29, 0.717) is 0 Å². The number of pyridine rings is 1. The van der Waals surface area contributed by atoms with Crippen LogP contribution < -0.4 is 4.90 Å². The highest BCUT2D eigenvalue weighted by atomic mass is 15.1. The number of anilines is 1. The Balaban J connectivity index is 1.49. The fourth-order valence-corrected chi connectivity index (χ4v) is 3.24. The Morgan fingerprint density at radius 1 is 0.778 bits per heavy atom. The number of nitrogens with zero attached hydrogens (tertiary/aromatic N) is 2. The standard InChI is InChI=1S/C25H22N2/c1-27(19-21-7-3-2-4-8-21)23-15-12-20(13-16-23)11-14-22-17-18-26-25-10-6-5-9-24(22)25/h2-18H,19H2,1H3/b14-11-. The van der Waals surface area contributed by atoms with Gasteiger partial charge in [0.1, 0.15) is 0 Å². The molecule has 1 aromatic heterocycles. The number of aromatic nitrogens is 1. The van der Waals surface area contributed by atoms with Gasteiger partial charge in [0, 0.05) is 30.9 Å². The molecule has 1 heterocycles. The topological polar surface area (TPSA) is 16.1 Å². The largest absolute Gasteiger partial charge is 0.370 e. The molecular weight excluding hydrogens is 328 g/mol. The highest BCUT2D eigenvalue weighted by Crippen LogP contribution is 2.20. The van der Waals surface area contributed by atoms with Gasteiger partial charge in [-0.05, 0) is 41.0 Å². The average Bonchev–Trinajstić information content (AvgIpc) is 2.73. The van der Waals surface area contributed by atoms with Gasteiger partial charge in [-0.2, -0.15) is 0 Å². The highest BCUT2D eigenvalue weighted by Gasteiger charge is 2.02. The van der Waals surface area contributed by atoms with Gasteiger partial charge in [-0.25, -0.2) is 0 Å². The van der Waals surface area contributed by atoms with Gasteiger partial charge >= 0.3 is 0 Å². The first-order chi connectivity index (χ1) is 13.3. The summed E-state index contributed by atoms with van der Waals surface area (Å²) in [4.78, 5) is 6.69. The smallest absolute Gasteiger partial charge is 0.0707 e. The Bertz CT molecular complexity index is 1050. The van der Waals surface area contributed by atoms with Gasteiger partial charge < -0.3 is 4.90 Å². The van der Waals surface area contributed by atoms with E-state index < -0.39 is 0 Å². The van der Waals surface area contributed by atoms with Crippen LogP contribution in [0.2, 0.25) is 0 Å². The molecule has 2 heteroatoms. The molecule has 0 spiro atoms. The molecule has 0 saturated heterocycles. The van der Waals surface area contributed by atoms with Crippen LogP contribution in [0, 0.1) is 0 Å². The van der Waals surface area contributed by atoms with Crippen molar-refractivity contribution in [2.24, 2.45) is 0 Å². The van der Waals surface area contributed by atoms with Crippen LogP contribution >= 0.6 is 0 Å². The van der Waals surface area contributed by atoms with Gasteiger partial charge in [0.05, 0.1) is 5.52 Å². The number of rotatable bonds is 5. The lowest BCUT2D eigenvalue weighted by Crippen LogP contribution is -2.15. The van der Waals surface area contributed by atoms with E-state index in [1.165, 1.54) is 27.8 Å². The summed E-state index contributed by atoms with van der Waals surface area (Å²) < 4.78 is 0. The molecule has 27 heavy (non-hydrogen) atoms. The summed E-state index contributed by atoms with van der Waals surface area (Å²) in [7, 11) is 2.13. The Hall–Kier alpha value is -3.39. The predicted octanol–water partition coefficient (Wildman–Crippen LogP) is 6.04. The van der Waals surface area contributed by atoms with E-state index >= 15 is 0 Å². The van der Waals surface area contributed by atoms with Crippen LogP contribution in [0.5, 0.6) is 0 Å². The van der Waals surface area contributed by atoms with Crippen molar-refractivity contribution in [2.75, 3.05) is 11.9 Å². The van der Waals surface area contributed by atoms with E-state index in [4.69, 9.17) is 0 Å². The van der Waals surface area contributed by atoms with Crippen LogP contribution in [0.3, 0.4) is 0 Å². The minimum absolute atomic E-state index is 0.902. The van der Waals surface area contributed by atoms with Crippen LogP contribution in [-0.4, -0.2) is 12.0 Å². The maximum absolute atomic E-state index is 4.42. The summed E-state index contributed by atoms with van der Waals surface area (Å²) in [6.07, 6.45) is 6.18. The van der Waals surface area contributed by atoms with E-state index in [-0.39, 0.29) is 0 Å². The molecule has 0 radical (unpaired) electrons.